The van der Waals surface area contributed by atoms with E-state index in [0.29, 0.717) is 0 Å². The van der Waals surface area contributed by atoms with Crippen LogP contribution in [0.3, 0.4) is 0 Å². The molecule has 110 valence electrons. The lowest BCUT2D eigenvalue weighted by molar-refractivity contribution is -0.137. The number of aliphatic hydroxyl groups is 1. The van der Waals surface area contributed by atoms with Gasteiger partial charge in [0, 0.05) is 20.9 Å². The van der Waals surface area contributed by atoms with Crippen molar-refractivity contribution in [2.24, 2.45) is 4.99 Å². The van der Waals surface area contributed by atoms with Crippen LogP contribution in [0.2, 0.25) is 0 Å². The molecule has 0 atom stereocenters. The molecular weight excluding hydrogens is 284 g/mol. The van der Waals surface area contributed by atoms with Gasteiger partial charge in [-0.05, 0) is 23.7 Å². The number of aliphatic carboxylic acids is 1. The molecule has 0 bridgehead atoms. The van der Waals surface area contributed by atoms with Crippen LogP contribution in [-0.2, 0) is 9.59 Å². The Bertz CT molecular complexity index is 1130. The molecule has 1 aliphatic rings. The quantitative estimate of drug-likeness (QED) is 0.654. The highest BCUT2D eigenvalue weighted by Crippen LogP contribution is 2.22. The second-order valence-electron chi connectivity index (χ2n) is 3.87. The molecule has 0 spiro atoms. The molecule has 0 aliphatic carbocycles. The lowest BCUT2D eigenvalue weighted by atomic mass is 10.00. The van der Waals surface area contributed by atoms with Crippen LogP contribution in [0.25, 0.3) is 5.57 Å². The van der Waals surface area contributed by atoms with Crippen molar-refractivity contribution in [2.45, 2.75) is 12.8 Å². The Labute approximate surface area is 137 Å². The van der Waals surface area contributed by atoms with E-state index in [9.17, 15) is 14.7 Å². The standard InChI is InChI=1S/C16H12N2O4/c17-8-10-2-1-3-11(6-10)12-7-14(20)16(18-9-12)13(19)4-5-15(21)22/h1-3,6-7,9,19H,4-5H2,(H,21,22)/i1D,2D,3D,5D2,6D,7D,9D. The lowest BCUT2D eigenvalue weighted by Crippen LogP contribution is -2.09. The summed E-state index contributed by atoms with van der Waals surface area (Å²) in [5.41, 5.74) is -2.84. The molecule has 1 heterocycles. The highest BCUT2D eigenvalue weighted by Gasteiger charge is 2.18. The molecule has 6 heteroatoms. The predicted octanol–water partition coefficient (Wildman–Crippen LogP) is 2.23. The maximum atomic E-state index is 12.5. The molecule has 0 saturated heterocycles. The number of nitriles is 1. The summed E-state index contributed by atoms with van der Waals surface area (Å²) in [5.74, 6) is -4.37. The third kappa shape index (κ3) is 3.46. The summed E-state index contributed by atoms with van der Waals surface area (Å²) in [6, 6.07) is -2.52. The maximum absolute atomic E-state index is 12.5. The minimum atomic E-state index is -2.96. The van der Waals surface area contributed by atoms with E-state index in [1.807, 2.05) is 0 Å². The summed E-state index contributed by atoms with van der Waals surface area (Å²) in [4.78, 5) is 26.8. The Morgan fingerprint density at radius 3 is 2.91 bits per heavy atom. The number of nitrogens with zero attached hydrogens (tertiary/aromatic N) is 2. The van der Waals surface area contributed by atoms with E-state index in [2.05, 4.69) is 4.99 Å². The molecule has 0 saturated carbocycles. The zero-order chi connectivity index (χ0) is 23.1. The zero-order valence-electron chi connectivity index (χ0n) is 18.8. The third-order valence-corrected chi connectivity index (χ3v) is 2.40. The number of aliphatic imine (C=N–C) groups is 1. The number of carbonyl (C=O) groups is 2. The van der Waals surface area contributed by atoms with Crippen LogP contribution in [0.1, 0.15) is 34.9 Å². The number of carboxylic acids is 1. The van der Waals surface area contributed by atoms with Gasteiger partial charge in [0.05, 0.1) is 26.2 Å². The van der Waals surface area contributed by atoms with Gasteiger partial charge in [0.25, 0.3) is 0 Å². The SMILES string of the molecule is [2H]C1=NC(=C(O)CC([2H])([2H])C(=O)O)C(=O)C([2H])=C1c1c([2H])c([2H])c([2H])c(C#N)c1[2H]. The minimum Gasteiger partial charge on any atom is -0.510 e. The van der Waals surface area contributed by atoms with Gasteiger partial charge in [0.15, 0.2) is 0 Å². The van der Waals surface area contributed by atoms with Crippen LogP contribution < -0.4 is 0 Å². The Morgan fingerprint density at radius 2 is 2.23 bits per heavy atom. The van der Waals surface area contributed by atoms with Crippen molar-refractivity contribution in [2.75, 3.05) is 0 Å². The monoisotopic (exact) mass is 304 g/mol. The van der Waals surface area contributed by atoms with Gasteiger partial charge in [0.1, 0.15) is 11.5 Å². The van der Waals surface area contributed by atoms with Crippen molar-refractivity contribution in [3.8, 4) is 6.07 Å². The lowest BCUT2D eigenvalue weighted by Gasteiger charge is -2.10. The molecule has 0 unspecified atom stereocenters. The van der Waals surface area contributed by atoms with Gasteiger partial charge in [-0.2, -0.15) is 5.26 Å². The second-order valence-corrected chi connectivity index (χ2v) is 3.87. The minimum absolute atomic E-state index is 0.606. The van der Waals surface area contributed by atoms with Gasteiger partial charge in [-0.25, -0.2) is 4.99 Å². The topological polar surface area (TPSA) is 111 Å². The summed E-state index contributed by atoms with van der Waals surface area (Å²) < 4.78 is 62.0. The molecule has 2 rings (SSSR count). The van der Waals surface area contributed by atoms with E-state index in [4.69, 9.17) is 21.3 Å². The van der Waals surface area contributed by atoms with E-state index in [1.54, 1.807) is 0 Å². The van der Waals surface area contributed by atoms with Crippen molar-refractivity contribution >= 4 is 23.5 Å². The largest absolute Gasteiger partial charge is 0.510 e. The zero-order valence-corrected chi connectivity index (χ0v) is 10.8. The third-order valence-electron chi connectivity index (χ3n) is 2.40. The normalized spacial score (nSPS) is 22.7. The number of hydrogen-bond donors (Lipinski definition) is 2. The number of hydrogen-bond acceptors (Lipinski definition) is 5. The highest BCUT2D eigenvalue weighted by molar-refractivity contribution is 6.24. The van der Waals surface area contributed by atoms with Crippen LogP contribution in [0.15, 0.2) is 46.7 Å². The molecule has 22 heavy (non-hydrogen) atoms. The van der Waals surface area contributed by atoms with E-state index < -0.39 is 89.1 Å². The molecule has 1 aliphatic heterocycles. The van der Waals surface area contributed by atoms with Crippen LogP contribution in [-0.4, -0.2) is 28.2 Å². The van der Waals surface area contributed by atoms with Gasteiger partial charge < -0.3 is 10.2 Å². The number of carboxylic acid groups (broad SMARTS) is 1. The maximum Gasteiger partial charge on any atom is 0.303 e. The smallest absolute Gasteiger partial charge is 0.303 e. The van der Waals surface area contributed by atoms with Crippen molar-refractivity contribution in [3.05, 3.63) is 52.8 Å². The number of aliphatic hydroxyl groups excluding tert-OH is 1. The molecule has 1 aromatic rings. The van der Waals surface area contributed by atoms with Gasteiger partial charge in [-0.1, -0.05) is 12.1 Å². The average Bonchev–Trinajstić information content (AvgIpc) is 2.65. The first-order chi connectivity index (χ1) is 13.8. The number of rotatable bonds is 4. The van der Waals surface area contributed by atoms with E-state index in [-0.39, 0.29) is 0 Å². The fraction of sp³-hybridized carbons (Fsp3) is 0.125. The summed E-state index contributed by atoms with van der Waals surface area (Å²) >= 11 is 0. The summed E-state index contributed by atoms with van der Waals surface area (Å²) in [6.45, 7) is 0. The first-order valence-electron chi connectivity index (χ1n) is 9.73. The Morgan fingerprint density at radius 1 is 1.45 bits per heavy atom. The summed E-state index contributed by atoms with van der Waals surface area (Å²) in [5, 5.41) is 27.9. The molecule has 0 amide bonds. The van der Waals surface area contributed by atoms with E-state index in [0.717, 1.165) is 0 Å². The molecule has 0 radical (unpaired) electrons. The molecular formula is C16H12N2O4. The van der Waals surface area contributed by atoms with Crippen LogP contribution in [0, 0.1) is 11.3 Å². The number of carbonyl (C=O) groups excluding carboxylic acids is 1. The molecule has 2 N–H and O–H groups in total. The van der Waals surface area contributed by atoms with Crippen molar-refractivity contribution in [1.82, 2.24) is 0 Å². The summed E-state index contributed by atoms with van der Waals surface area (Å²) in [7, 11) is 0. The fourth-order valence-electron chi connectivity index (χ4n) is 1.44. The predicted molar refractivity (Wildman–Crippen MR) is 79.2 cm³/mol. The van der Waals surface area contributed by atoms with Gasteiger partial charge in [-0.3, -0.25) is 9.59 Å². The Hall–Kier alpha value is -3.20. The van der Waals surface area contributed by atoms with Gasteiger partial charge >= 0.3 is 5.97 Å². The van der Waals surface area contributed by atoms with Crippen molar-refractivity contribution in [1.29, 1.82) is 5.26 Å². The summed E-state index contributed by atoms with van der Waals surface area (Å²) in [6.07, 6.45) is -5.03. The Kier molecular flexibility index (Phi) is 2.28. The first kappa shape index (κ1) is 7.71. The van der Waals surface area contributed by atoms with Crippen molar-refractivity contribution in [3.63, 3.8) is 0 Å². The average molecular weight is 304 g/mol. The van der Waals surface area contributed by atoms with Gasteiger partial charge in [0.2, 0.25) is 5.78 Å². The van der Waals surface area contributed by atoms with Gasteiger partial charge in [-0.15, -0.1) is 0 Å². The van der Waals surface area contributed by atoms with E-state index >= 15 is 0 Å². The van der Waals surface area contributed by atoms with Crippen molar-refractivity contribution < 1.29 is 30.8 Å². The number of dihydropyridines is 1. The molecule has 0 fully saturated rings. The number of allylic oxidation sites excluding steroid dienone is 3. The van der Waals surface area contributed by atoms with Crippen LogP contribution in [0.5, 0.6) is 0 Å². The molecule has 0 aromatic heterocycles. The first-order valence-corrected chi connectivity index (χ1v) is 5.73. The molecule has 6 nitrogen and oxygen atoms in total. The highest BCUT2D eigenvalue weighted by atomic mass is 16.4. The van der Waals surface area contributed by atoms with Crippen LogP contribution in [0.4, 0.5) is 0 Å². The molecule has 1 aromatic carbocycles. The fourth-order valence-corrected chi connectivity index (χ4v) is 1.44. The number of benzene rings is 1. The van der Waals surface area contributed by atoms with E-state index in [1.165, 1.54) is 6.07 Å². The van der Waals surface area contributed by atoms with Crippen LogP contribution >= 0.6 is 0 Å². The Balaban J connectivity index is 2.73. The number of ketones is 1. The second kappa shape index (κ2) is 6.50.